The van der Waals surface area contributed by atoms with Crippen LogP contribution in [0.15, 0.2) is 54.6 Å². The number of nitrogens with one attached hydrogen (secondary N) is 2. The molecule has 148 valence electrons. The molecule has 0 radical (unpaired) electrons. The van der Waals surface area contributed by atoms with Crippen molar-refractivity contribution in [2.24, 2.45) is 0 Å². The molecule has 0 saturated carbocycles. The predicted octanol–water partition coefficient (Wildman–Crippen LogP) is 3.04. The molecule has 2 aromatic carbocycles. The van der Waals surface area contributed by atoms with Gasteiger partial charge in [-0.05, 0) is 35.6 Å². The van der Waals surface area contributed by atoms with Crippen LogP contribution in [-0.2, 0) is 25.5 Å². The number of anilines is 1. The first-order valence-corrected chi connectivity index (χ1v) is 9.29. The van der Waals surface area contributed by atoms with E-state index in [0.717, 1.165) is 17.5 Å². The molecule has 2 amide bonds. The molecule has 0 aliphatic heterocycles. The number of carbonyl (C=O) groups excluding carboxylic acids is 3. The first-order valence-electron chi connectivity index (χ1n) is 9.29. The van der Waals surface area contributed by atoms with E-state index in [1.165, 1.54) is 7.11 Å². The molecule has 28 heavy (non-hydrogen) atoms. The minimum absolute atomic E-state index is 0.0423. The van der Waals surface area contributed by atoms with E-state index in [1.807, 2.05) is 30.3 Å². The van der Waals surface area contributed by atoms with Crippen LogP contribution in [0.25, 0.3) is 0 Å². The van der Waals surface area contributed by atoms with E-state index in [-0.39, 0.29) is 30.7 Å². The van der Waals surface area contributed by atoms with Crippen molar-refractivity contribution in [3.63, 3.8) is 0 Å². The van der Waals surface area contributed by atoms with Gasteiger partial charge in [-0.1, -0.05) is 49.4 Å². The summed E-state index contributed by atoms with van der Waals surface area (Å²) in [6.07, 6.45) is 1.45. The van der Waals surface area contributed by atoms with Crippen molar-refractivity contribution in [1.29, 1.82) is 0 Å². The molecule has 0 aliphatic carbocycles. The van der Waals surface area contributed by atoms with Gasteiger partial charge in [-0.2, -0.15) is 0 Å². The van der Waals surface area contributed by atoms with Gasteiger partial charge in [0.25, 0.3) is 0 Å². The number of rotatable bonds is 9. The molecule has 0 spiro atoms. The molecule has 0 aliphatic rings. The Bertz CT molecular complexity index is 788. The van der Waals surface area contributed by atoms with Crippen LogP contribution in [0.5, 0.6) is 0 Å². The summed E-state index contributed by atoms with van der Waals surface area (Å²) in [5.74, 6) is -0.624. The SMILES string of the molecule is CCC(CC(=O)Nc1ccc(CC(=O)NCC(=O)OC)cc1)c1ccccc1. The Morgan fingerprint density at radius 2 is 1.64 bits per heavy atom. The number of hydrogen-bond donors (Lipinski definition) is 2. The Hall–Kier alpha value is -3.15. The standard InChI is InChI=1S/C22H26N2O4/c1-3-17(18-7-5-4-6-8-18)14-21(26)24-19-11-9-16(10-12-19)13-20(25)23-15-22(27)28-2/h4-12,17H,3,13-15H2,1-2H3,(H,23,25)(H,24,26). The minimum atomic E-state index is -0.493. The van der Waals surface area contributed by atoms with E-state index in [4.69, 9.17) is 0 Å². The van der Waals surface area contributed by atoms with Gasteiger partial charge in [0.1, 0.15) is 6.54 Å². The first kappa shape index (κ1) is 21.2. The second-order valence-electron chi connectivity index (χ2n) is 6.49. The van der Waals surface area contributed by atoms with E-state index in [1.54, 1.807) is 24.3 Å². The molecule has 0 fully saturated rings. The summed E-state index contributed by atoms with van der Waals surface area (Å²) >= 11 is 0. The van der Waals surface area contributed by atoms with Crippen molar-refractivity contribution in [3.05, 3.63) is 65.7 Å². The number of benzene rings is 2. The van der Waals surface area contributed by atoms with Crippen molar-refractivity contribution in [2.45, 2.75) is 32.1 Å². The van der Waals surface area contributed by atoms with Gasteiger partial charge in [-0.15, -0.1) is 0 Å². The highest BCUT2D eigenvalue weighted by atomic mass is 16.5. The molecule has 2 N–H and O–H groups in total. The summed E-state index contributed by atoms with van der Waals surface area (Å²) in [6.45, 7) is 1.93. The zero-order valence-electron chi connectivity index (χ0n) is 16.2. The van der Waals surface area contributed by atoms with Crippen molar-refractivity contribution < 1.29 is 19.1 Å². The monoisotopic (exact) mass is 382 g/mol. The molecule has 6 heteroatoms. The van der Waals surface area contributed by atoms with Crippen LogP contribution in [0.4, 0.5) is 5.69 Å². The van der Waals surface area contributed by atoms with Crippen molar-refractivity contribution in [3.8, 4) is 0 Å². The third kappa shape index (κ3) is 6.87. The highest BCUT2D eigenvalue weighted by Crippen LogP contribution is 2.23. The quantitative estimate of drug-likeness (QED) is 0.653. The maximum absolute atomic E-state index is 12.4. The third-order valence-corrected chi connectivity index (χ3v) is 4.46. The van der Waals surface area contributed by atoms with E-state index in [9.17, 15) is 14.4 Å². The van der Waals surface area contributed by atoms with Crippen LogP contribution in [0.1, 0.15) is 36.8 Å². The van der Waals surface area contributed by atoms with E-state index < -0.39 is 5.97 Å². The molecular formula is C22H26N2O4. The predicted molar refractivity (Wildman–Crippen MR) is 108 cm³/mol. The second kappa shape index (κ2) is 10.9. The topological polar surface area (TPSA) is 84.5 Å². The fraction of sp³-hybridized carbons (Fsp3) is 0.318. The van der Waals surface area contributed by atoms with E-state index in [2.05, 4.69) is 22.3 Å². The van der Waals surface area contributed by atoms with Gasteiger partial charge in [0.2, 0.25) is 11.8 Å². The molecule has 2 aromatic rings. The summed E-state index contributed by atoms with van der Waals surface area (Å²) in [4.78, 5) is 35.2. The van der Waals surface area contributed by atoms with E-state index in [0.29, 0.717) is 12.1 Å². The molecule has 1 unspecified atom stereocenters. The second-order valence-corrected chi connectivity index (χ2v) is 6.49. The fourth-order valence-electron chi connectivity index (χ4n) is 2.86. The maximum Gasteiger partial charge on any atom is 0.325 e. The Morgan fingerprint density at radius 3 is 2.25 bits per heavy atom. The number of hydrogen-bond acceptors (Lipinski definition) is 4. The number of carbonyl (C=O) groups is 3. The van der Waals surface area contributed by atoms with Crippen molar-refractivity contribution in [1.82, 2.24) is 5.32 Å². The highest BCUT2D eigenvalue weighted by molar-refractivity contribution is 5.91. The summed E-state index contributed by atoms with van der Waals surface area (Å²) in [7, 11) is 1.27. The maximum atomic E-state index is 12.4. The summed E-state index contributed by atoms with van der Waals surface area (Å²) in [6, 6.07) is 17.1. The molecule has 1 atom stereocenters. The Morgan fingerprint density at radius 1 is 0.964 bits per heavy atom. The lowest BCUT2D eigenvalue weighted by Gasteiger charge is -2.15. The lowest BCUT2D eigenvalue weighted by molar-refractivity contribution is -0.141. The van der Waals surface area contributed by atoms with Crippen LogP contribution in [-0.4, -0.2) is 31.4 Å². The molecule has 2 rings (SSSR count). The number of methoxy groups -OCH3 is 1. The zero-order chi connectivity index (χ0) is 20.4. The number of amides is 2. The summed E-state index contributed by atoms with van der Waals surface area (Å²) in [5, 5.41) is 5.39. The third-order valence-electron chi connectivity index (χ3n) is 4.46. The van der Waals surface area contributed by atoms with Crippen LogP contribution in [0.2, 0.25) is 0 Å². The lowest BCUT2D eigenvalue weighted by atomic mass is 9.93. The van der Waals surface area contributed by atoms with Crippen molar-refractivity contribution >= 4 is 23.5 Å². The highest BCUT2D eigenvalue weighted by Gasteiger charge is 2.14. The molecule has 0 aromatic heterocycles. The van der Waals surface area contributed by atoms with E-state index >= 15 is 0 Å². The smallest absolute Gasteiger partial charge is 0.325 e. The van der Waals surface area contributed by atoms with Crippen LogP contribution >= 0.6 is 0 Å². The number of ether oxygens (including phenoxy) is 1. The largest absolute Gasteiger partial charge is 0.468 e. The van der Waals surface area contributed by atoms with Crippen LogP contribution < -0.4 is 10.6 Å². The molecular weight excluding hydrogens is 356 g/mol. The van der Waals surface area contributed by atoms with Crippen molar-refractivity contribution in [2.75, 3.05) is 19.0 Å². The molecule has 0 bridgehead atoms. The first-order chi connectivity index (χ1) is 13.5. The number of esters is 1. The Balaban J connectivity index is 1.85. The molecule has 0 heterocycles. The van der Waals surface area contributed by atoms with Gasteiger partial charge >= 0.3 is 5.97 Å². The van der Waals surface area contributed by atoms with Gasteiger partial charge in [0.15, 0.2) is 0 Å². The van der Waals surface area contributed by atoms with Gasteiger partial charge in [-0.25, -0.2) is 0 Å². The van der Waals surface area contributed by atoms with Crippen LogP contribution in [0.3, 0.4) is 0 Å². The average Bonchev–Trinajstić information content (AvgIpc) is 2.72. The van der Waals surface area contributed by atoms with Gasteiger partial charge in [0.05, 0.1) is 13.5 Å². The minimum Gasteiger partial charge on any atom is -0.468 e. The zero-order valence-corrected chi connectivity index (χ0v) is 16.2. The van der Waals surface area contributed by atoms with Gasteiger partial charge < -0.3 is 15.4 Å². The Kier molecular flexibility index (Phi) is 8.21. The molecule has 0 saturated heterocycles. The van der Waals surface area contributed by atoms with Gasteiger partial charge in [-0.3, -0.25) is 14.4 Å². The summed E-state index contributed by atoms with van der Waals surface area (Å²) in [5.41, 5.74) is 2.64. The molecule has 6 nitrogen and oxygen atoms in total. The normalized spacial score (nSPS) is 11.4. The summed E-state index contributed by atoms with van der Waals surface area (Å²) < 4.78 is 4.47. The van der Waals surface area contributed by atoms with Gasteiger partial charge in [0, 0.05) is 12.1 Å². The fourth-order valence-corrected chi connectivity index (χ4v) is 2.86. The average molecular weight is 382 g/mol. The lowest BCUT2D eigenvalue weighted by Crippen LogP contribution is -2.31. The Labute approximate surface area is 165 Å². The van der Waals surface area contributed by atoms with Crippen LogP contribution in [0, 0.1) is 0 Å².